The van der Waals surface area contributed by atoms with Crippen molar-refractivity contribution in [1.82, 2.24) is 0 Å². The Morgan fingerprint density at radius 2 is 2.11 bits per heavy atom. The number of hydrogen-bond acceptors (Lipinski definition) is 2. The summed E-state index contributed by atoms with van der Waals surface area (Å²) < 4.78 is 19.2. The standard InChI is InChI=1S/C16H24FNO/c1-2-15(18)10-13-9-14(17)7-8-16(13)19-11-12-5-3-4-6-12/h7-9,12,15H,2-6,10-11,18H2,1H3. The van der Waals surface area contributed by atoms with Gasteiger partial charge in [-0.05, 0) is 55.4 Å². The van der Waals surface area contributed by atoms with Crippen molar-refractivity contribution in [2.75, 3.05) is 6.61 Å². The molecule has 2 N–H and O–H groups in total. The van der Waals surface area contributed by atoms with Crippen LogP contribution in [-0.2, 0) is 6.42 Å². The SMILES string of the molecule is CCC(N)Cc1cc(F)ccc1OCC1CCCC1. The molecule has 0 aliphatic heterocycles. The van der Waals surface area contributed by atoms with Crippen LogP contribution in [0, 0.1) is 11.7 Å². The zero-order chi connectivity index (χ0) is 13.7. The first-order valence-electron chi connectivity index (χ1n) is 7.36. The minimum Gasteiger partial charge on any atom is -0.493 e. The molecule has 0 radical (unpaired) electrons. The normalized spacial score (nSPS) is 17.6. The molecule has 0 amide bonds. The maximum atomic E-state index is 13.3. The number of halogens is 1. The Bertz CT molecular complexity index is 402. The van der Waals surface area contributed by atoms with Crippen molar-refractivity contribution in [2.45, 2.75) is 51.5 Å². The molecule has 0 spiro atoms. The number of rotatable bonds is 6. The molecular weight excluding hydrogens is 241 g/mol. The third-order valence-corrected chi connectivity index (χ3v) is 3.98. The molecule has 0 heterocycles. The van der Waals surface area contributed by atoms with Crippen molar-refractivity contribution in [1.29, 1.82) is 0 Å². The van der Waals surface area contributed by atoms with Gasteiger partial charge >= 0.3 is 0 Å². The van der Waals surface area contributed by atoms with Gasteiger partial charge in [-0.1, -0.05) is 19.8 Å². The van der Waals surface area contributed by atoms with Crippen molar-refractivity contribution in [3.8, 4) is 5.75 Å². The summed E-state index contributed by atoms with van der Waals surface area (Å²) in [6.45, 7) is 2.79. The molecule has 1 atom stereocenters. The Kier molecular flexibility index (Phi) is 5.20. The second-order valence-electron chi connectivity index (χ2n) is 5.59. The third-order valence-electron chi connectivity index (χ3n) is 3.98. The van der Waals surface area contributed by atoms with Gasteiger partial charge in [0, 0.05) is 6.04 Å². The Morgan fingerprint density at radius 1 is 1.37 bits per heavy atom. The highest BCUT2D eigenvalue weighted by molar-refractivity contribution is 5.34. The van der Waals surface area contributed by atoms with Crippen LogP contribution in [0.5, 0.6) is 5.75 Å². The Labute approximate surface area is 115 Å². The van der Waals surface area contributed by atoms with Crippen LogP contribution in [0.2, 0.25) is 0 Å². The molecule has 0 saturated heterocycles. The molecule has 1 unspecified atom stereocenters. The molecule has 19 heavy (non-hydrogen) atoms. The van der Waals surface area contributed by atoms with Crippen LogP contribution in [0.3, 0.4) is 0 Å². The largest absolute Gasteiger partial charge is 0.493 e. The van der Waals surface area contributed by atoms with E-state index in [-0.39, 0.29) is 11.9 Å². The predicted molar refractivity (Wildman–Crippen MR) is 75.8 cm³/mol. The van der Waals surface area contributed by atoms with Gasteiger partial charge in [0.25, 0.3) is 0 Å². The van der Waals surface area contributed by atoms with Crippen LogP contribution >= 0.6 is 0 Å². The van der Waals surface area contributed by atoms with Gasteiger partial charge in [0.2, 0.25) is 0 Å². The summed E-state index contributed by atoms with van der Waals surface area (Å²) in [6, 6.07) is 4.82. The maximum absolute atomic E-state index is 13.3. The van der Waals surface area contributed by atoms with Crippen LogP contribution in [0.25, 0.3) is 0 Å². The van der Waals surface area contributed by atoms with Crippen LogP contribution < -0.4 is 10.5 Å². The fraction of sp³-hybridized carbons (Fsp3) is 0.625. The van der Waals surface area contributed by atoms with E-state index in [2.05, 4.69) is 0 Å². The van der Waals surface area contributed by atoms with Crippen molar-refractivity contribution < 1.29 is 9.13 Å². The molecule has 1 aromatic rings. The molecule has 3 heteroatoms. The minimum absolute atomic E-state index is 0.0654. The van der Waals surface area contributed by atoms with E-state index in [1.54, 1.807) is 12.1 Å². The van der Waals surface area contributed by atoms with Gasteiger partial charge in [-0.15, -0.1) is 0 Å². The number of hydrogen-bond donors (Lipinski definition) is 1. The van der Waals surface area contributed by atoms with Gasteiger partial charge in [0.05, 0.1) is 6.61 Å². The summed E-state index contributed by atoms with van der Waals surface area (Å²) in [7, 11) is 0. The molecule has 106 valence electrons. The quantitative estimate of drug-likeness (QED) is 0.851. The highest BCUT2D eigenvalue weighted by Crippen LogP contribution is 2.27. The lowest BCUT2D eigenvalue weighted by molar-refractivity contribution is 0.249. The van der Waals surface area contributed by atoms with Gasteiger partial charge < -0.3 is 10.5 Å². The monoisotopic (exact) mass is 265 g/mol. The zero-order valence-corrected chi connectivity index (χ0v) is 11.7. The highest BCUT2D eigenvalue weighted by Gasteiger charge is 2.17. The number of nitrogens with two attached hydrogens (primary N) is 1. The smallest absolute Gasteiger partial charge is 0.123 e. The number of benzene rings is 1. The van der Waals surface area contributed by atoms with E-state index in [4.69, 9.17) is 10.5 Å². The Hall–Kier alpha value is -1.09. The van der Waals surface area contributed by atoms with E-state index in [0.29, 0.717) is 12.3 Å². The predicted octanol–water partition coefficient (Wildman–Crippen LogP) is 3.67. The van der Waals surface area contributed by atoms with Crippen LogP contribution in [0.1, 0.15) is 44.6 Å². The van der Waals surface area contributed by atoms with E-state index < -0.39 is 0 Å². The lowest BCUT2D eigenvalue weighted by atomic mass is 10.0. The van der Waals surface area contributed by atoms with Crippen LogP contribution in [0.15, 0.2) is 18.2 Å². The van der Waals surface area contributed by atoms with Crippen LogP contribution in [0.4, 0.5) is 4.39 Å². The fourth-order valence-electron chi connectivity index (χ4n) is 2.66. The molecule has 1 aliphatic carbocycles. The molecule has 1 aliphatic rings. The second-order valence-corrected chi connectivity index (χ2v) is 5.59. The van der Waals surface area contributed by atoms with E-state index in [9.17, 15) is 4.39 Å². The lowest BCUT2D eigenvalue weighted by Gasteiger charge is -2.16. The minimum atomic E-state index is -0.216. The molecular formula is C16H24FNO. The fourth-order valence-corrected chi connectivity index (χ4v) is 2.66. The van der Waals surface area contributed by atoms with Crippen molar-refractivity contribution in [2.24, 2.45) is 11.7 Å². The molecule has 0 aromatic heterocycles. The molecule has 1 fully saturated rings. The molecule has 2 rings (SSSR count). The average Bonchev–Trinajstić information content (AvgIpc) is 2.91. The van der Waals surface area contributed by atoms with Gasteiger partial charge in [0.1, 0.15) is 11.6 Å². The van der Waals surface area contributed by atoms with Crippen molar-refractivity contribution >= 4 is 0 Å². The first kappa shape index (κ1) is 14.3. The van der Waals surface area contributed by atoms with Crippen molar-refractivity contribution in [3.05, 3.63) is 29.6 Å². The summed E-state index contributed by atoms with van der Waals surface area (Å²) in [5.41, 5.74) is 6.86. The Balaban J connectivity index is 2.00. The molecule has 1 saturated carbocycles. The topological polar surface area (TPSA) is 35.2 Å². The third kappa shape index (κ3) is 4.20. The van der Waals surface area contributed by atoms with Gasteiger partial charge in [-0.25, -0.2) is 4.39 Å². The first-order chi connectivity index (χ1) is 9.19. The summed E-state index contributed by atoms with van der Waals surface area (Å²) >= 11 is 0. The van der Waals surface area contributed by atoms with Gasteiger partial charge in [-0.2, -0.15) is 0 Å². The summed E-state index contributed by atoms with van der Waals surface area (Å²) in [4.78, 5) is 0. The van der Waals surface area contributed by atoms with Crippen molar-refractivity contribution in [3.63, 3.8) is 0 Å². The van der Waals surface area contributed by atoms with Gasteiger partial charge in [0.15, 0.2) is 0 Å². The molecule has 2 nitrogen and oxygen atoms in total. The van der Waals surface area contributed by atoms with Gasteiger partial charge in [-0.3, -0.25) is 0 Å². The molecule has 1 aromatic carbocycles. The average molecular weight is 265 g/mol. The Morgan fingerprint density at radius 3 is 2.79 bits per heavy atom. The van der Waals surface area contributed by atoms with E-state index in [1.165, 1.54) is 31.7 Å². The zero-order valence-electron chi connectivity index (χ0n) is 11.7. The lowest BCUT2D eigenvalue weighted by Crippen LogP contribution is -2.22. The maximum Gasteiger partial charge on any atom is 0.123 e. The second kappa shape index (κ2) is 6.90. The number of ether oxygens (including phenoxy) is 1. The first-order valence-corrected chi connectivity index (χ1v) is 7.36. The van der Waals surface area contributed by atoms with Crippen LogP contribution in [-0.4, -0.2) is 12.6 Å². The molecule has 0 bridgehead atoms. The van der Waals surface area contributed by atoms with E-state index in [1.807, 2.05) is 6.92 Å². The summed E-state index contributed by atoms with van der Waals surface area (Å²) in [5.74, 6) is 1.25. The van der Waals surface area contributed by atoms with E-state index in [0.717, 1.165) is 24.3 Å². The summed E-state index contributed by atoms with van der Waals surface area (Å²) in [5, 5.41) is 0. The summed E-state index contributed by atoms with van der Waals surface area (Å²) in [6.07, 6.45) is 6.69. The van der Waals surface area contributed by atoms with E-state index >= 15 is 0 Å². The highest BCUT2D eigenvalue weighted by atomic mass is 19.1.